The van der Waals surface area contributed by atoms with Gasteiger partial charge in [0.15, 0.2) is 0 Å². The van der Waals surface area contributed by atoms with E-state index in [2.05, 4.69) is 39.9 Å². The number of rotatable bonds is 4. The van der Waals surface area contributed by atoms with Crippen LogP contribution in [0.5, 0.6) is 0 Å². The van der Waals surface area contributed by atoms with Gasteiger partial charge < -0.3 is 0 Å². The van der Waals surface area contributed by atoms with Gasteiger partial charge in [-0.25, -0.2) is 0 Å². The summed E-state index contributed by atoms with van der Waals surface area (Å²) in [5.74, 6) is 2.49. The summed E-state index contributed by atoms with van der Waals surface area (Å²) in [4.78, 5) is 0. The monoisotopic (exact) mass is 211 g/mol. The summed E-state index contributed by atoms with van der Waals surface area (Å²) in [5.41, 5.74) is 1.61. The molecule has 1 aliphatic carbocycles. The van der Waals surface area contributed by atoms with Gasteiger partial charge in [0.2, 0.25) is 0 Å². The van der Waals surface area contributed by atoms with Crippen molar-refractivity contribution in [2.75, 3.05) is 12.8 Å². The Labute approximate surface area is 91.3 Å². The quantitative estimate of drug-likeness (QED) is 0.613. The molecule has 0 bridgehead atoms. The van der Waals surface area contributed by atoms with Crippen molar-refractivity contribution in [2.24, 2.45) is 17.8 Å². The molecule has 0 saturated carbocycles. The third-order valence-electron chi connectivity index (χ3n) is 3.50. The number of hydrogen-bond acceptors (Lipinski definition) is 0. The van der Waals surface area contributed by atoms with Crippen LogP contribution in [-0.2, 0) is 0 Å². The van der Waals surface area contributed by atoms with Gasteiger partial charge in [0, 0.05) is 0 Å². The lowest BCUT2D eigenvalue weighted by Crippen LogP contribution is -2.19. The molecule has 0 aromatic rings. The van der Waals surface area contributed by atoms with Crippen molar-refractivity contribution in [1.29, 1.82) is 0 Å². The van der Waals surface area contributed by atoms with E-state index in [9.17, 15) is 0 Å². The fraction of sp³-hybridized carbons (Fsp3) is 0.769. The fourth-order valence-electron chi connectivity index (χ4n) is 2.14. The van der Waals surface area contributed by atoms with E-state index in [0.29, 0.717) is 0 Å². The molecule has 0 amide bonds. The van der Waals surface area contributed by atoms with Crippen LogP contribution in [0, 0.1) is 24.2 Å². The Bertz CT molecular complexity index is 195. The van der Waals surface area contributed by atoms with Crippen LogP contribution in [0.4, 0.5) is 0 Å². The molecule has 0 aromatic carbocycles. The lowest BCUT2D eigenvalue weighted by molar-refractivity contribution is 0.432. The average Bonchev–Trinajstić information content (AvgIpc) is 2.20. The van der Waals surface area contributed by atoms with Gasteiger partial charge >= 0.3 is 0 Å². The summed E-state index contributed by atoms with van der Waals surface area (Å²) < 4.78 is 0. The highest BCUT2D eigenvalue weighted by molar-refractivity contribution is 7.36. The van der Waals surface area contributed by atoms with Gasteiger partial charge in [0.05, 0.1) is 0 Å². The molecule has 0 saturated heterocycles. The molecule has 0 fully saturated rings. The van der Waals surface area contributed by atoms with E-state index in [1.54, 1.807) is 5.57 Å². The van der Waals surface area contributed by atoms with Crippen molar-refractivity contribution in [3.05, 3.63) is 18.1 Å². The predicted octanol–water partition coefficient (Wildman–Crippen LogP) is 4.13. The van der Waals surface area contributed by atoms with Crippen LogP contribution in [-0.4, -0.2) is 12.8 Å². The highest BCUT2D eigenvalue weighted by Gasteiger charge is 2.22. The average molecular weight is 211 g/mol. The second-order valence-corrected chi connectivity index (χ2v) is 5.71. The van der Waals surface area contributed by atoms with Gasteiger partial charge in [-0.2, -0.15) is 0 Å². The number of hydrogen-bond donors (Lipinski definition) is 0. The maximum atomic E-state index is 2.52. The molecule has 0 aromatic heterocycles. The van der Waals surface area contributed by atoms with Crippen molar-refractivity contribution in [3.63, 3.8) is 0 Å². The standard InChI is InChI=1S/C13H24P/c1-5-10(2)12-6-7-13(9-14-4)11(3)8-12/h6,8,10-11,13-14H,5,7,9H2,1-4H3. The third-order valence-corrected chi connectivity index (χ3v) is 4.44. The van der Waals surface area contributed by atoms with Gasteiger partial charge in [0.1, 0.15) is 0 Å². The predicted molar refractivity (Wildman–Crippen MR) is 68.2 cm³/mol. The largest absolute Gasteiger partial charge is 0.125 e. The van der Waals surface area contributed by atoms with Crippen molar-refractivity contribution < 1.29 is 0 Å². The Morgan fingerprint density at radius 2 is 2.29 bits per heavy atom. The molecule has 0 N–H and O–H groups in total. The maximum absolute atomic E-state index is 2.52. The summed E-state index contributed by atoms with van der Waals surface area (Å²) in [5, 5.41) is 0. The van der Waals surface area contributed by atoms with Gasteiger partial charge in [-0.15, -0.1) is 8.58 Å². The van der Waals surface area contributed by atoms with Crippen LogP contribution in [0.3, 0.4) is 0 Å². The summed E-state index contributed by atoms with van der Waals surface area (Å²) in [6.45, 7) is 9.33. The zero-order valence-corrected chi connectivity index (χ0v) is 11.0. The topological polar surface area (TPSA) is 0 Å². The Balaban J connectivity index is 2.56. The highest BCUT2D eigenvalue weighted by Crippen LogP contribution is 2.34. The normalized spacial score (nSPS) is 30.7. The molecule has 0 heterocycles. The molecule has 1 radical (unpaired) electrons. The van der Waals surface area contributed by atoms with E-state index in [1.807, 2.05) is 0 Å². The summed E-state index contributed by atoms with van der Waals surface area (Å²) in [6.07, 6.45) is 9.01. The van der Waals surface area contributed by atoms with Crippen molar-refractivity contribution in [1.82, 2.24) is 0 Å². The zero-order valence-electron chi connectivity index (χ0n) is 10.0. The van der Waals surface area contributed by atoms with Crippen molar-refractivity contribution in [3.8, 4) is 0 Å². The van der Waals surface area contributed by atoms with E-state index in [0.717, 1.165) is 26.3 Å². The molecular weight excluding hydrogens is 187 g/mol. The van der Waals surface area contributed by atoms with Crippen LogP contribution in [0.1, 0.15) is 33.6 Å². The molecule has 14 heavy (non-hydrogen) atoms. The van der Waals surface area contributed by atoms with Crippen LogP contribution >= 0.6 is 8.58 Å². The van der Waals surface area contributed by atoms with E-state index in [-0.39, 0.29) is 0 Å². The second-order valence-electron chi connectivity index (χ2n) is 4.59. The fourth-order valence-corrected chi connectivity index (χ4v) is 3.21. The summed E-state index contributed by atoms with van der Waals surface area (Å²) >= 11 is 0. The van der Waals surface area contributed by atoms with Crippen LogP contribution in [0.25, 0.3) is 0 Å². The Morgan fingerprint density at radius 1 is 1.57 bits per heavy atom. The van der Waals surface area contributed by atoms with Gasteiger partial charge in [-0.05, 0) is 49.8 Å². The van der Waals surface area contributed by atoms with E-state index < -0.39 is 0 Å². The van der Waals surface area contributed by atoms with Gasteiger partial charge in [-0.3, -0.25) is 0 Å². The Kier molecular flexibility index (Phi) is 5.17. The van der Waals surface area contributed by atoms with Crippen molar-refractivity contribution >= 4 is 8.58 Å². The molecule has 0 nitrogen and oxygen atoms in total. The second kappa shape index (κ2) is 5.91. The van der Waals surface area contributed by atoms with E-state index >= 15 is 0 Å². The molecule has 1 rings (SSSR count). The van der Waals surface area contributed by atoms with E-state index in [1.165, 1.54) is 19.0 Å². The lowest BCUT2D eigenvalue weighted by atomic mass is 9.79. The number of allylic oxidation sites excluding steroid dienone is 2. The Morgan fingerprint density at radius 3 is 2.79 bits per heavy atom. The summed E-state index contributed by atoms with van der Waals surface area (Å²) in [7, 11) is 1.11. The van der Waals surface area contributed by atoms with Crippen LogP contribution in [0.15, 0.2) is 11.6 Å². The summed E-state index contributed by atoms with van der Waals surface area (Å²) in [6, 6.07) is 0. The molecule has 4 atom stereocenters. The molecule has 1 heteroatoms. The minimum Gasteiger partial charge on any atom is -0.125 e. The van der Waals surface area contributed by atoms with Crippen molar-refractivity contribution in [2.45, 2.75) is 33.6 Å². The smallest absolute Gasteiger partial charge is 0.0132 e. The highest BCUT2D eigenvalue weighted by atomic mass is 31.1. The Hall–Kier alpha value is 0.170. The first kappa shape index (κ1) is 12.2. The van der Waals surface area contributed by atoms with Crippen LogP contribution in [0.2, 0.25) is 0 Å². The van der Waals surface area contributed by atoms with E-state index in [4.69, 9.17) is 0 Å². The SMILES string of the molecule is CCC(C)C1=CC(C)C(CPC)C[CH]1. The zero-order chi connectivity index (χ0) is 10.6. The van der Waals surface area contributed by atoms with Gasteiger partial charge in [0.25, 0.3) is 0 Å². The first-order valence-corrected chi connectivity index (χ1v) is 7.59. The minimum atomic E-state index is 0.766. The lowest BCUT2D eigenvalue weighted by Gasteiger charge is -2.29. The van der Waals surface area contributed by atoms with Crippen LogP contribution < -0.4 is 0 Å². The first-order chi connectivity index (χ1) is 6.69. The maximum Gasteiger partial charge on any atom is -0.0132 e. The molecule has 1 aliphatic rings. The first-order valence-electron chi connectivity index (χ1n) is 5.88. The molecule has 4 unspecified atom stereocenters. The third kappa shape index (κ3) is 3.09. The molecule has 0 aliphatic heterocycles. The molecule has 81 valence electrons. The molecule has 0 spiro atoms. The van der Waals surface area contributed by atoms with Gasteiger partial charge in [-0.1, -0.05) is 32.4 Å². The molecular formula is C13H24P. The minimum absolute atomic E-state index is 0.766.